The van der Waals surface area contributed by atoms with Crippen molar-refractivity contribution in [2.75, 3.05) is 0 Å². The molecule has 99 valence electrons. The molecule has 0 saturated carbocycles. The van der Waals surface area contributed by atoms with E-state index >= 15 is 0 Å². The van der Waals surface area contributed by atoms with Crippen molar-refractivity contribution < 1.29 is 64.2 Å². The van der Waals surface area contributed by atoms with Crippen LogP contribution in [0.3, 0.4) is 0 Å². The first kappa shape index (κ1) is 6.44. The molecule has 1 heterocycles. The zero-order valence-corrected chi connectivity index (χ0v) is 12.5. The molecule has 0 N–H and O–H groups in total. The number of rotatable bonds is 1. The summed E-state index contributed by atoms with van der Waals surface area (Å²) in [5.74, 6) is 0. The molecule has 0 amide bonds. The molecule has 0 bridgehead atoms. The monoisotopic (exact) mass is 304 g/mol. The summed E-state index contributed by atoms with van der Waals surface area (Å²) in [4.78, 5) is -1.50. The summed E-state index contributed by atoms with van der Waals surface area (Å²) in [6.07, 6.45) is 0. The van der Waals surface area contributed by atoms with Gasteiger partial charge < -0.3 is 4.55 Å². The molecule has 1 aliphatic rings. The van der Waals surface area contributed by atoms with Crippen molar-refractivity contribution in [2.24, 2.45) is 0 Å². The topological polar surface area (TPSA) is 80.3 Å². The van der Waals surface area contributed by atoms with Crippen LogP contribution >= 0.6 is 0 Å². The maximum Gasteiger partial charge on any atom is 1.00 e. The Morgan fingerprint density at radius 2 is 1.79 bits per heavy atom. The number of benzene rings is 1. The molecule has 0 spiro atoms. The molecule has 1 aromatic carbocycles. The molecule has 2 rings (SSSR count). The van der Waals surface area contributed by atoms with E-state index in [0.717, 1.165) is 6.07 Å². The summed E-state index contributed by atoms with van der Waals surface area (Å²) >= 11 is 0. The summed E-state index contributed by atoms with van der Waals surface area (Å²) < 4.78 is 128. The van der Waals surface area contributed by atoms with Gasteiger partial charge in [0.15, 0.2) is 0 Å². The number of hydrogen-bond donors (Lipinski definition) is 0. The van der Waals surface area contributed by atoms with Crippen molar-refractivity contribution in [3.63, 3.8) is 0 Å². The third-order valence-electron chi connectivity index (χ3n) is 2.66. The molecule has 0 saturated heterocycles. The van der Waals surface area contributed by atoms with Crippen LogP contribution in [0.5, 0.6) is 0 Å². The second-order valence-corrected chi connectivity index (χ2v) is 5.20. The zero-order chi connectivity index (χ0) is 23.9. The summed E-state index contributed by atoms with van der Waals surface area (Å²) in [5, 5.41) is 12.4. The molecular weight excluding hydrogens is 277 g/mol. The number of hydroxylamine groups is 2. The van der Waals surface area contributed by atoms with Crippen molar-refractivity contribution in [1.29, 1.82) is 0 Å². The summed E-state index contributed by atoms with van der Waals surface area (Å²) in [6, 6.07) is 1.86. The molecule has 1 radical (unpaired) electrons. The molecule has 0 atom stereocenters. The third-order valence-corrected chi connectivity index (χ3v) is 3.54. The number of nitrogens with zero attached hydrogens (tertiary/aromatic N) is 1. The van der Waals surface area contributed by atoms with E-state index in [-0.39, 0.29) is 29.6 Å². The smallest absolute Gasteiger partial charge is 0.744 e. The van der Waals surface area contributed by atoms with Crippen LogP contribution in [0.25, 0.3) is 0 Å². The molecular formula is C12H15NNaO4S. The predicted molar refractivity (Wildman–Crippen MR) is 63.0 cm³/mol. The van der Waals surface area contributed by atoms with Gasteiger partial charge in [0.2, 0.25) is 0 Å². The molecule has 19 heavy (non-hydrogen) atoms. The van der Waals surface area contributed by atoms with E-state index in [0.29, 0.717) is 12.1 Å². The van der Waals surface area contributed by atoms with Crippen LogP contribution in [0.2, 0.25) is 0 Å². The first-order valence-electron chi connectivity index (χ1n) is 10.6. The minimum absolute atomic E-state index is 0. The second-order valence-electron chi connectivity index (χ2n) is 3.85. The van der Waals surface area contributed by atoms with Gasteiger partial charge >= 0.3 is 29.6 Å². The van der Waals surface area contributed by atoms with Gasteiger partial charge in [-0.2, -0.15) is 0 Å². The number of fused-ring (bicyclic) bond motifs is 1. The maximum atomic E-state index is 13.5. The average molecular weight is 304 g/mol. The largest absolute Gasteiger partial charge is 1.00 e. The Hall–Kier alpha value is 0.0500. The fourth-order valence-corrected chi connectivity index (χ4v) is 2.63. The Balaban J connectivity index is 0.00000480. The van der Waals surface area contributed by atoms with Gasteiger partial charge in [-0.1, -0.05) is 12.1 Å². The van der Waals surface area contributed by atoms with E-state index < -0.39 is 69.7 Å². The quantitative estimate of drug-likeness (QED) is 0.478. The van der Waals surface area contributed by atoms with E-state index in [2.05, 4.69) is 0 Å². The minimum Gasteiger partial charge on any atom is -0.744 e. The van der Waals surface area contributed by atoms with Crippen LogP contribution in [-0.2, 0) is 26.4 Å². The SMILES string of the molecule is [2H]C([2H])([2H])C1(C([2H])([2H])[2H])c2cccc(S(=O)(=O)[O-])c2C(C([2H])([2H])[2H])(C([2H])([2H])[2H])N1[O].[Na+]. The van der Waals surface area contributed by atoms with E-state index in [1.54, 1.807) is 0 Å². The molecule has 0 aromatic heterocycles. The Morgan fingerprint density at radius 3 is 2.26 bits per heavy atom. The first-order valence-corrected chi connectivity index (χ1v) is 5.99. The van der Waals surface area contributed by atoms with Crippen LogP contribution in [0, 0.1) is 0 Å². The molecule has 0 fully saturated rings. The zero-order valence-electron chi connectivity index (χ0n) is 21.7. The second kappa shape index (κ2) is 4.80. The third kappa shape index (κ3) is 2.40. The average Bonchev–Trinajstić information content (AvgIpc) is 2.69. The molecule has 5 nitrogen and oxygen atoms in total. The van der Waals surface area contributed by atoms with Crippen LogP contribution in [0.4, 0.5) is 0 Å². The Kier molecular flexibility index (Phi) is 1.63. The Bertz CT molecular complexity index is 938. The molecule has 0 unspecified atom stereocenters. The molecule has 7 heteroatoms. The van der Waals surface area contributed by atoms with E-state index in [9.17, 15) is 18.2 Å². The van der Waals surface area contributed by atoms with Gasteiger partial charge in [0, 0.05) is 16.4 Å². The van der Waals surface area contributed by atoms with Crippen molar-refractivity contribution in [1.82, 2.24) is 5.06 Å². The van der Waals surface area contributed by atoms with Gasteiger partial charge in [-0.3, -0.25) is 0 Å². The van der Waals surface area contributed by atoms with Gasteiger partial charge in [0.25, 0.3) is 0 Å². The summed E-state index contributed by atoms with van der Waals surface area (Å²) in [7, 11) is -5.67. The summed E-state index contributed by atoms with van der Waals surface area (Å²) in [6.45, 7) is -15.7. The standard InChI is InChI=1S/C12H16NO4S.Na/c1-11(2)8-6-5-7-9(18(15,16)17)10(8)12(3,4)13(11)14;/h5-7H,1-4H3,(H,15,16,17);/q;+1/p-1/i1D3,2D3,3D3,4D3;. The Morgan fingerprint density at radius 1 is 1.21 bits per heavy atom. The van der Waals surface area contributed by atoms with Gasteiger partial charge in [-0.25, -0.2) is 8.42 Å². The van der Waals surface area contributed by atoms with Crippen LogP contribution in [0.15, 0.2) is 23.1 Å². The van der Waals surface area contributed by atoms with Crippen molar-refractivity contribution >= 4 is 10.1 Å². The van der Waals surface area contributed by atoms with Crippen LogP contribution < -0.4 is 29.6 Å². The van der Waals surface area contributed by atoms with E-state index in [1.807, 2.05) is 0 Å². The van der Waals surface area contributed by atoms with Gasteiger partial charge in [-0.05, 0) is 44.6 Å². The molecule has 1 aromatic rings. The minimum atomic E-state index is -5.67. The van der Waals surface area contributed by atoms with Gasteiger partial charge in [0.1, 0.15) is 10.1 Å². The summed E-state index contributed by atoms with van der Waals surface area (Å²) in [5.41, 5.74) is -10.4. The van der Waals surface area contributed by atoms with Crippen molar-refractivity contribution in [3.8, 4) is 0 Å². The van der Waals surface area contributed by atoms with Crippen LogP contribution in [-0.4, -0.2) is 18.0 Å². The van der Waals surface area contributed by atoms with Gasteiger partial charge in [0.05, 0.1) is 16.0 Å². The fraction of sp³-hybridized carbons (Fsp3) is 0.500. The van der Waals surface area contributed by atoms with E-state index in [4.69, 9.17) is 16.4 Å². The predicted octanol–water partition coefficient (Wildman–Crippen LogP) is -1.27. The van der Waals surface area contributed by atoms with Crippen molar-refractivity contribution in [3.05, 3.63) is 29.3 Å². The molecule has 0 aliphatic carbocycles. The Labute approximate surface area is 152 Å². The van der Waals surface area contributed by atoms with E-state index in [1.165, 1.54) is 0 Å². The fourth-order valence-electron chi connectivity index (χ4n) is 1.88. The maximum absolute atomic E-state index is 13.5. The molecule has 1 aliphatic heterocycles. The number of hydrogen-bond acceptors (Lipinski definition) is 4. The normalized spacial score (nSPS) is 32.7. The van der Waals surface area contributed by atoms with Gasteiger partial charge in [-0.15, -0.1) is 10.3 Å². The first-order chi connectivity index (χ1) is 13.0. The van der Waals surface area contributed by atoms with Crippen LogP contribution in [0.1, 0.15) is 55.0 Å². The van der Waals surface area contributed by atoms with Crippen molar-refractivity contribution in [2.45, 2.75) is 43.4 Å².